The molecule has 1 aromatic rings. The normalized spacial score (nSPS) is 12.5. The summed E-state index contributed by atoms with van der Waals surface area (Å²) < 4.78 is 6.33. The Morgan fingerprint density at radius 2 is 2.43 bits per heavy atom. The molecule has 0 saturated carbocycles. The number of carbonyl (C=O) groups excluding carboxylic acids is 1. The molecule has 78 valence electrons. The summed E-state index contributed by atoms with van der Waals surface area (Å²) in [4.78, 5) is 11.0. The van der Waals surface area contributed by atoms with E-state index in [0.29, 0.717) is 0 Å². The molecule has 4 nitrogen and oxygen atoms in total. The fourth-order valence-electron chi connectivity index (χ4n) is 1.23. The third kappa shape index (κ3) is 2.60. The van der Waals surface area contributed by atoms with E-state index in [2.05, 4.69) is 4.74 Å². The number of hydrogen-bond donors (Lipinski definition) is 1. The van der Waals surface area contributed by atoms with E-state index in [1.54, 1.807) is 4.57 Å². The van der Waals surface area contributed by atoms with Gasteiger partial charge in [0.2, 0.25) is 0 Å². The highest BCUT2D eigenvalue weighted by molar-refractivity contribution is 5.68. The molecule has 0 aliphatic carbocycles. The molecule has 0 amide bonds. The summed E-state index contributed by atoms with van der Waals surface area (Å²) in [5.74, 6) is -0.253. The van der Waals surface area contributed by atoms with Crippen molar-refractivity contribution in [3.63, 3.8) is 0 Å². The summed E-state index contributed by atoms with van der Waals surface area (Å²) in [6.45, 7) is 2.27. The van der Waals surface area contributed by atoms with Crippen molar-refractivity contribution in [2.45, 2.75) is 25.9 Å². The standard InChI is InChI=1S/C10H16N2O2/c1-3-9(11)8-4-5-12(6-8)7-10(13)14-2/h4-6,9H,3,7,11H2,1-2H3. The summed E-state index contributed by atoms with van der Waals surface area (Å²) in [6, 6.07) is 1.98. The fraction of sp³-hybridized carbons (Fsp3) is 0.500. The second-order valence-electron chi connectivity index (χ2n) is 3.21. The maximum atomic E-state index is 11.0. The van der Waals surface area contributed by atoms with Gasteiger partial charge in [-0.1, -0.05) is 6.92 Å². The van der Waals surface area contributed by atoms with E-state index in [1.807, 2.05) is 25.4 Å². The summed E-state index contributed by atoms with van der Waals surface area (Å²) >= 11 is 0. The zero-order valence-electron chi connectivity index (χ0n) is 8.56. The Morgan fingerprint density at radius 3 is 3.00 bits per heavy atom. The van der Waals surface area contributed by atoms with Gasteiger partial charge in [-0.15, -0.1) is 0 Å². The minimum atomic E-state index is -0.253. The van der Waals surface area contributed by atoms with Gasteiger partial charge in [0.1, 0.15) is 6.54 Å². The van der Waals surface area contributed by atoms with Gasteiger partial charge in [0.15, 0.2) is 0 Å². The Kier molecular flexibility index (Phi) is 3.71. The van der Waals surface area contributed by atoms with Crippen LogP contribution in [0, 0.1) is 0 Å². The van der Waals surface area contributed by atoms with E-state index < -0.39 is 0 Å². The first-order chi connectivity index (χ1) is 6.67. The van der Waals surface area contributed by atoms with Gasteiger partial charge in [0.25, 0.3) is 0 Å². The monoisotopic (exact) mass is 196 g/mol. The average molecular weight is 196 g/mol. The van der Waals surface area contributed by atoms with Gasteiger partial charge in [-0.25, -0.2) is 0 Å². The molecule has 0 spiro atoms. The molecule has 0 aliphatic rings. The molecule has 0 fully saturated rings. The highest BCUT2D eigenvalue weighted by atomic mass is 16.5. The molecule has 1 aromatic heterocycles. The van der Waals surface area contributed by atoms with E-state index >= 15 is 0 Å². The summed E-state index contributed by atoms with van der Waals surface area (Å²) in [7, 11) is 1.38. The van der Waals surface area contributed by atoms with Gasteiger partial charge >= 0.3 is 5.97 Å². The Labute approximate surface area is 83.7 Å². The van der Waals surface area contributed by atoms with Crippen molar-refractivity contribution in [3.8, 4) is 0 Å². The highest BCUT2D eigenvalue weighted by Crippen LogP contribution is 2.13. The van der Waals surface area contributed by atoms with Crippen molar-refractivity contribution in [2.75, 3.05) is 7.11 Å². The summed E-state index contributed by atoms with van der Waals surface area (Å²) in [6.07, 6.45) is 4.61. The minimum absolute atomic E-state index is 0.0499. The molecule has 1 heterocycles. The van der Waals surface area contributed by atoms with Crippen LogP contribution >= 0.6 is 0 Å². The number of esters is 1. The molecule has 1 atom stereocenters. The molecular weight excluding hydrogens is 180 g/mol. The maximum absolute atomic E-state index is 11.0. The van der Waals surface area contributed by atoms with Gasteiger partial charge in [0, 0.05) is 18.4 Å². The van der Waals surface area contributed by atoms with Gasteiger partial charge in [-0.2, -0.15) is 0 Å². The van der Waals surface area contributed by atoms with Crippen molar-refractivity contribution in [1.29, 1.82) is 0 Å². The third-order valence-corrected chi connectivity index (χ3v) is 2.18. The van der Waals surface area contributed by atoms with Gasteiger partial charge in [-0.3, -0.25) is 4.79 Å². The first-order valence-corrected chi connectivity index (χ1v) is 4.65. The van der Waals surface area contributed by atoms with Crippen LogP contribution in [0.1, 0.15) is 24.9 Å². The van der Waals surface area contributed by atoms with E-state index in [4.69, 9.17) is 5.73 Å². The molecule has 1 unspecified atom stereocenters. The van der Waals surface area contributed by atoms with Crippen LogP contribution in [0.25, 0.3) is 0 Å². The van der Waals surface area contributed by atoms with E-state index in [1.165, 1.54) is 7.11 Å². The van der Waals surface area contributed by atoms with Crippen molar-refractivity contribution < 1.29 is 9.53 Å². The molecular formula is C10H16N2O2. The second-order valence-corrected chi connectivity index (χ2v) is 3.21. The lowest BCUT2D eigenvalue weighted by molar-refractivity contribution is -0.141. The second kappa shape index (κ2) is 4.81. The van der Waals surface area contributed by atoms with Crippen LogP contribution < -0.4 is 5.73 Å². The molecule has 0 saturated heterocycles. The molecule has 4 heteroatoms. The number of methoxy groups -OCH3 is 1. The molecule has 0 aromatic carbocycles. The lowest BCUT2D eigenvalue weighted by Crippen LogP contribution is -2.11. The van der Waals surface area contributed by atoms with Gasteiger partial charge in [-0.05, 0) is 18.1 Å². The Morgan fingerprint density at radius 1 is 1.71 bits per heavy atom. The van der Waals surface area contributed by atoms with Crippen molar-refractivity contribution >= 4 is 5.97 Å². The number of aromatic nitrogens is 1. The molecule has 0 radical (unpaired) electrons. The van der Waals surface area contributed by atoms with Crippen LogP contribution in [0.5, 0.6) is 0 Å². The predicted octanol–water partition coefficient (Wildman–Crippen LogP) is 1.07. The number of nitrogens with zero attached hydrogens (tertiary/aromatic N) is 1. The molecule has 0 bridgehead atoms. The topological polar surface area (TPSA) is 57.2 Å². The SMILES string of the molecule is CCC(N)c1ccn(CC(=O)OC)c1. The van der Waals surface area contributed by atoms with E-state index in [9.17, 15) is 4.79 Å². The molecule has 0 aliphatic heterocycles. The molecule has 1 rings (SSSR count). The van der Waals surface area contributed by atoms with Gasteiger partial charge < -0.3 is 15.0 Å². The third-order valence-electron chi connectivity index (χ3n) is 2.18. The number of nitrogens with two attached hydrogens (primary N) is 1. The maximum Gasteiger partial charge on any atom is 0.325 e. The Balaban J connectivity index is 2.63. The zero-order chi connectivity index (χ0) is 10.6. The summed E-state index contributed by atoms with van der Waals surface area (Å²) in [5.41, 5.74) is 6.89. The average Bonchev–Trinajstić information content (AvgIpc) is 2.65. The zero-order valence-corrected chi connectivity index (χ0v) is 8.56. The molecule has 14 heavy (non-hydrogen) atoms. The van der Waals surface area contributed by atoms with Crippen LogP contribution in [0.15, 0.2) is 18.5 Å². The Bertz CT molecular complexity index is 307. The minimum Gasteiger partial charge on any atom is -0.468 e. The largest absolute Gasteiger partial charge is 0.468 e. The fourth-order valence-corrected chi connectivity index (χ4v) is 1.23. The van der Waals surface area contributed by atoms with Crippen LogP contribution in [-0.4, -0.2) is 17.6 Å². The van der Waals surface area contributed by atoms with Crippen molar-refractivity contribution in [1.82, 2.24) is 4.57 Å². The van der Waals surface area contributed by atoms with Crippen molar-refractivity contribution in [3.05, 3.63) is 24.0 Å². The van der Waals surface area contributed by atoms with Crippen molar-refractivity contribution in [2.24, 2.45) is 5.73 Å². The number of rotatable bonds is 4. The smallest absolute Gasteiger partial charge is 0.325 e. The lowest BCUT2D eigenvalue weighted by atomic mass is 10.1. The van der Waals surface area contributed by atoms with E-state index in [-0.39, 0.29) is 18.6 Å². The first-order valence-electron chi connectivity index (χ1n) is 4.65. The quantitative estimate of drug-likeness (QED) is 0.733. The number of carbonyl (C=O) groups is 1. The lowest BCUT2D eigenvalue weighted by Gasteiger charge is -2.05. The van der Waals surface area contributed by atoms with Gasteiger partial charge in [0.05, 0.1) is 7.11 Å². The summed E-state index contributed by atoms with van der Waals surface area (Å²) in [5, 5.41) is 0. The molecule has 2 N–H and O–H groups in total. The highest BCUT2D eigenvalue weighted by Gasteiger charge is 2.06. The van der Waals surface area contributed by atoms with Crippen LogP contribution in [-0.2, 0) is 16.1 Å². The number of ether oxygens (including phenoxy) is 1. The first kappa shape index (κ1) is 10.8. The van der Waals surface area contributed by atoms with E-state index in [0.717, 1.165) is 12.0 Å². The van der Waals surface area contributed by atoms with Crippen LogP contribution in [0.2, 0.25) is 0 Å². The predicted molar refractivity (Wildman–Crippen MR) is 53.7 cm³/mol. The number of hydrogen-bond acceptors (Lipinski definition) is 3. The Hall–Kier alpha value is -1.29. The van der Waals surface area contributed by atoms with Crippen LogP contribution in [0.3, 0.4) is 0 Å². The van der Waals surface area contributed by atoms with Crippen LogP contribution in [0.4, 0.5) is 0 Å².